The molecule has 0 saturated heterocycles. The molecular formula is C11H14O2. The van der Waals surface area contributed by atoms with Gasteiger partial charge in [-0.1, -0.05) is 38.1 Å². The van der Waals surface area contributed by atoms with E-state index in [4.69, 9.17) is 5.11 Å². The second kappa shape index (κ2) is 3.71. The zero-order valence-electron chi connectivity index (χ0n) is 7.95. The van der Waals surface area contributed by atoms with Crippen molar-refractivity contribution in [1.29, 1.82) is 0 Å². The maximum atomic E-state index is 10.7. The Bertz CT molecular complexity index is 303. The summed E-state index contributed by atoms with van der Waals surface area (Å²) in [6.07, 6.45) is 0.826. The predicted molar refractivity (Wildman–Crippen MR) is 51.9 cm³/mol. The summed E-state index contributed by atoms with van der Waals surface area (Å²) < 4.78 is 0. The summed E-state index contributed by atoms with van der Waals surface area (Å²) in [6.45, 7) is 3.86. The molecule has 0 radical (unpaired) electrons. The van der Waals surface area contributed by atoms with Gasteiger partial charge in [-0.3, -0.25) is 4.79 Å². The molecule has 1 aromatic carbocycles. The first-order chi connectivity index (χ1) is 6.11. The fourth-order valence-electron chi connectivity index (χ4n) is 1.30. The third-order valence-electron chi connectivity index (χ3n) is 2.21. The fourth-order valence-corrected chi connectivity index (χ4v) is 1.30. The molecule has 2 nitrogen and oxygen atoms in total. The summed E-state index contributed by atoms with van der Waals surface area (Å²) in [7, 11) is 0. The SMILES string of the molecule is CC(C)(CO)c1ccccc1C=O. The molecule has 0 atom stereocenters. The number of rotatable bonds is 3. The third-order valence-corrected chi connectivity index (χ3v) is 2.21. The van der Waals surface area contributed by atoms with E-state index in [1.807, 2.05) is 32.0 Å². The second-order valence-electron chi connectivity index (χ2n) is 3.75. The standard InChI is InChI=1S/C11H14O2/c1-11(2,8-13)10-6-4-3-5-9(10)7-12/h3-7,13H,8H2,1-2H3. The first-order valence-electron chi connectivity index (χ1n) is 4.27. The molecule has 1 aromatic rings. The second-order valence-corrected chi connectivity index (χ2v) is 3.75. The van der Waals surface area contributed by atoms with E-state index in [0.717, 1.165) is 11.8 Å². The highest BCUT2D eigenvalue weighted by molar-refractivity contribution is 5.77. The number of aliphatic hydroxyl groups excluding tert-OH is 1. The Kier molecular flexibility index (Phi) is 2.83. The molecule has 0 bridgehead atoms. The maximum Gasteiger partial charge on any atom is 0.150 e. The van der Waals surface area contributed by atoms with Crippen LogP contribution in [0.4, 0.5) is 0 Å². The van der Waals surface area contributed by atoms with Gasteiger partial charge in [0.1, 0.15) is 6.29 Å². The molecule has 0 aliphatic heterocycles. The zero-order chi connectivity index (χ0) is 9.90. The highest BCUT2D eigenvalue weighted by Crippen LogP contribution is 2.24. The van der Waals surface area contributed by atoms with Gasteiger partial charge < -0.3 is 5.11 Å². The molecule has 0 fully saturated rings. The van der Waals surface area contributed by atoms with Crippen molar-refractivity contribution in [3.63, 3.8) is 0 Å². The smallest absolute Gasteiger partial charge is 0.150 e. The largest absolute Gasteiger partial charge is 0.395 e. The first kappa shape index (κ1) is 9.93. The molecular weight excluding hydrogens is 164 g/mol. The van der Waals surface area contributed by atoms with Crippen LogP contribution < -0.4 is 0 Å². The molecule has 13 heavy (non-hydrogen) atoms. The van der Waals surface area contributed by atoms with Gasteiger partial charge in [-0.05, 0) is 5.56 Å². The number of hydrogen-bond donors (Lipinski definition) is 1. The van der Waals surface area contributed by atoms with E-state index >= 15 is 0 Å². The first-order valence-corrected chi connectivity index (χ1v) is 4.27. The maximum absolute atomic E-state index is 10.7. The minimum Gasteiger partial charge on any atom is -0.395 e. The molecule has 0 heterocycles. The van der Waals surface area contributed by atoms with Gasteiger partial charge in [0.2, 0.25) is 0 Å². The van der Waals surface area contributed by atoms with Crippen molar-refractivity contribution in [2.24, 2.45) is 0 Å². The monoisotopic (exact) mass is 178 g/mol. The summed E-state index contributed by atoms with van der Waals surface area (Å²) in [6, 6.07) is 7.33. The van der Waals surface area contributed by atoms with Crippen molar-refractivity contribution in [2.45, 2.75) is 19.3 Å². The summed E-state index contributed by atoms with van der Waals surface area (Å²) in [5.41, 5.74) is 1.20. The lowest BCUT2D eigenvalue weighted by molar-refractivity contribution is 0.112. The van der Waals surface area contributed by atoms with Crippen LogP contribution in [-0.4, -0.2) is 18.0 Å². The Balaban J connectivity index is 3.20. The molecule has 70 valence electrons. The van der Waals surface area contributed by atoms with Gasteiger partial charge in [0.15, 0.2) is 0 Å². The molecule has 0 aliphatic rings. The summed E-state index contributed by atoms with van der Waals surface area (Å²) >= 11 is 0. The van der Waals surface area contributed by atoms with E-state index in [2.05, 4.69) is 0 Å². The van der Waals surface area contributed by atoms with Gasteiger partial charge in [-0.2, -0.15) is 0 Å². The topological polar surface area (TPSA) is 37.3 Å². The average Bonchev–Trinajstić information content (AvgIpc) is 2.18. The Morgan fingerprint density at radius 2 is 2.00 bits per heavy atom. The quantitative estimate of drug-likeness (QED) is 0.716. The molecule has 2 heteroatoms. The van der Waals surface area contributed by atoms with E-state index < -0.39 is 0 Å². The zero-order valence-corrected chi connectivity index (χ0v) is 7.95. The number of benzene rings is 1. The Hall–Kier alpha value is -1.15. The number of aliphatic hydroxyl groups is 1. The van der Waals surface area contributed by atoms with Gasteiger partial charge >= 0.3 is 0 Å². The van der Waals surface area contributed by atoms with Gasteiger partial charge in [0, 0.05) is 11.0 Å². The van der Waals surface area contributed by atoms with Gasteiger partial charge in [0.25, 0.3) is 0 Å². The number of carbonyl (C=O) groups excluding carboxylic acids is 1. The third kappa shape index (κ3) is 1.95. The van der Waals surface area contributed by atoms with Crippen LogP contribution in [0, 0.1) is 0 Å². The van der Waals surface area contributed by atoms with Crippen LogP contribution >= 0.6 is 0 Å². The molecule has 0 spiro atoms. The van der Waals surface area contributed by atoms with Crippen molar-refractivity contribution >= 4 is 6.29 Å². The molecule has 1 N–H and O–H groups in total. The van der Waals surface area contributed by atoms with Crippen LogP contribution in [0.15, 0.2) is 24.3 Å². The summed E-state index contributed by atoms with van der Waals surface area (Å²) in [4.78, 5) is 10.7. The van der Waals surface area contributed by atoms with Gasteiger partial charge in [-0.25, -0.2) is 0 Å². The molecule has 0 unspecified atom stereocenters. The van der Waals surface area contributed by atoms with Crippen molar-refractivity contribution in [1.82, 2.24) is 0 Å². The fraction of sp³-hybridized carbons (Fsp3) is 0.364. The van der Waals surface area contributed by atoms with Crippen molar-refractivity contribution in [2.75, 3.05) is 6.61 Å². The molecule has 0 saturated carbocycles. The van der Waals surface area contributed by atoms with E-state index in [1.54, 1.807) is 6.07 Å². The van der Waals surface area contributed by atoms with Crippen molar-refractivity contribution in [3.05, 3.63) is 35.4 Å². The lowest BCUT2D eigenvalue weighted by Gasteiger charge is -2.23. The summed E-state index contributed by atoms with van der Waals surface area (Å²) in [5.74, 6) is 0. The van der Waals surface area contributed by atoms with Crippen molar-refractivity contribution in [3.8, 4) is 0 Å². The van der Waals surface area contributed by atoms with E-state index in [0.29, 0.717) is 5.56 Å². The van der Waals surface area contributed by atoms with Crippen LogP contribution in [0.1, 0.15) is 29.8 Å². The Morgan fingerprint density at radius 1 is 1.38 bits per heavy atom. The lowest BCUT2D eigenvalue weighted by atomic mass is 9.83. The minimum absolute atomic E-state index is 0.0395. The number of aldehydes is 1. The van der Waals surface area contributed by atoms with Gasteiger partial charge in [-0.15, -0.1) is 0 Å². The number of carbonyl (C=O) groups is 1. The minimum atomic E-state index is -0.350. The lowest BCUT2D eigenvalue weighted by Crippen LogP contribution is -2.23. The van der Waals surface area contributed by atoms with Crippen LogP contribution in [0.2, 0.25) is 0 Å². The predicted octanol–water partition coefficient (Wildman–Crippen LogP) is 1.77. The van der Waals surface area contributed by atoms with Crippen molar-refractivity contribution < 1.29 is 9.90 Å². The van der Waals surface area contributed by atoms with Gasteiger partial charge in [0.05, 0.1) is 6.61 Å². The van der Waals surface area contributed by atoms with Crippen LogP contribution in [-0.2, 0) is 5.41 Å². The molecule has 1 rings (SSSR count). The van der Waals surface area contributed by atoms with E-state index in [-0.39, 0.29) is 12.0 Å². The van der Waals surface area contributed by atoms with E-state index in [1.165, 1.54) is 0 Å². The summed E-state index contributed by atoms with van der Waals surface area (Å²) in [5, 5.41) is 9.15. The Labute approximate surface area is 78.2 Å². The molecule has 0 aliphatic carbocycles. The normalized spacial score (nSPS) is 11.3. The van der Waals surface area contributed by atoms with Crippen LogP contribution in [0.3, 0.4) is 0 Å². The van der Waals surface area contributed by atoms with Crippen LogP contribution in [0.5, 0.6) is 0 Å². The molecule has 0 amide bonds. The number of hydrogen-bond acceptors (Lipinski definition) is 2. The highest BCUT2D eigenvalue weighted by Gasteiger charge is 2.21. The average molecular weight is 178 g/mol. The van der Waals surface area contributed by atoms with E-state index in [9.17, 15) is 4.79 Å². The highest BCUT2D eigenvalue weighted by atomic mass is 16.3. The molecule has 0 aromatic heterocycles. The Morgan fingerprint density at radius 3 is 2.54 bits per heavy atom. The van der Waals surface area contributed by atoms with Crippen LogP contribution in [0.25, 0.3) is 0 Å².